The van der Waals surface area contributed by atoms with Crippen LogP contribution in [-0.4, -0.2) is 30.4 Å². The number of rotatable bonds is 4. The van der Waals surface area contributed by atoms with Crippen molar-refractivity contribution in [2.45, 2.75) is 31.7 Å². The van der Waals surface area contributed by atoms with Crippen molar-refractivity contribution in [2.75, 3.05) is 13.1 Å². The fourth-order valence-corrected chi connectivity index (χ4v) is 1.71. The van der Waals surface area contributed by atoms with E-state index in [1.165, 1.54) is 25.7 Å². The van der Waals surface area contributed by atoms with E-state index in [0.717, 1.165) is 6.41 Å². The first-order valence-electron chi connectivity index (χ1n) is 4.29. The second-order valence-electron chi connectivity index (χ2n) is 3.07. The van der Waals surface area contributed by atoms with E-state index in [4.69, 9.17) is 5.73 Å². The number of nitrogens with zero attached hydrogens (tertiary/aromatic N) is 1. The first kappa shape index (κ1) is 8.53. The van der Waals surface area contributed by atoms with Crippen LogP contribution in [0.1, 0.15) is 25.7 Å². The van der Waals surface area contributed by atoms with Crippen molar-refractivity contribution < 1.29 is 4.79 Å². The van der Waals surface area contributed by atoms with Gasteiger partial charge in [-0.3, -0.25) is 4.79 Å². The van der Waals surface area contributed by atoms with Crippen molar-refractivity contribution in [3.63, 3.8) is 0 Å². The average molecular weight is 156 g/mol. The SMILES string of the molecule is NCCN(C=O)C1CCCC1. The zero-order valence-corrected chi connectivity index (χ0v) is 6.83. The topological polar surface area (TPSA) is 46.3 Å². The zero-order valence-electron chi connectivity index (χ0n) is 6.83. The molecule has 1 aliphatic carbocycles. The fourth-order valence-electron chi connectivity index (χ4n) is 1.71. The van der Waals surface area contributed by atoms with Gasteiger partial charge in [-0.2, -0.15) is 0 Å². The molecule has 0 spiro atoms. The van der Waals surface area contributed by atoms with Gasteiger partial charge in [0.15, 0.2) is 0 Å². The lowest BCUT2D eigenvalue weighted by atomic mass is 10.2. The number of hydrogen-bond donors (Lipinski definition) is 1. The Balaban J connectivity index is 2.33. The van der Waals surface area contributed by atoms with Gasteiger partial charge in [0, 0.05) is 19.1 Å². The normalized spacial score (nSPS) is 18.6. The van der Waals surface area contributed by atoms with Gasteiger partial charge in [0.05, 0.1) is 0 Å². The smallest absolute Gasteiger partial charge is 0.209 e. The van der Waals surface area contributed by atoms with Crippen LogP contribution >= 0.6 is 0 Å². The predicted molar refractivity (Wildman–Crippen MR) is 44.1 cm³/mol. The summed E-state index contributed by atoms with van der Waals surface area (Å²) in [6.45, 7) is 1.30. The molecule has 0 unspecified atom stereocenters. The van der Waals surface area contributed by atoms with Crippen LogP contribution < -0.4 is 5.73 Å². The second-order valence-corrected chi connectivity index (χ2v) is 3.07. The van der Waals surface area contributed by atoms with Gasteiger partial charge in [-0.25, -0.2) is 0 Å². The van der Waals surface area contributed by atoms with Crippen LogP contribution in [0.3, 0.4) is 0 Å². The minimum Gasteiger partial charge on any atom is -0.341 e. The summed E-state index contributed by atoms with van der Waals surface area (Å²) in [5.41, 5.74) is 5.37. The van der Waals surface area contributed by atoms with Gasteiger partial charge in [0.25, 0.3) is 0 Å². The average Bonchev–Trinajstić information content (AvgIpc) is 2.52. The van der Waals surface area contributed by atoms with E-state index < -0.39 is 0 Å². The Morgan fingerprint density at radius 3 is 2.55 bits per heavy atom. The molecular formula is C8H16N2O. The maximum atomic E-state index is 10.6. The van der Waals surface area contributed by atoms with Gasteiger partial charge in [-0.1, -0.05) is 12.8 Å². The molecule has 3 nitrogen and oxygen atoms in total. The largest absolute Gasteiger partial charge is 0.341 e. The number of amides is 1. The third-order valence-corrected chi connectivity index (χ3v) is 2.32. The zero-order chi connectivity index (χ0) is 8.10. The highest BCUT2D eigenvalue weighted by Gasteiger charge is 2.19. The minimum absolute atomic E-state index is 0.482. The highest BCUT2D eigenvalue weighted by atomic mass is 16.1. The standard InChI is InChI=1S/C8H16N2O/c9-5-6-10(7-11)8-3-1-2-4-8/h7-8H,1-6,9H2. The molecule has 1 saturated carbocycles. The van der Waals surface area contributed by atoms with Crippen LogP contribution in [0.4, 0.5) is 0 Å². The lowest BCUT2D eigenvalue weighted by Crippen LogP contribution is -2.35. The summed E-state index contributed by atoms with van der Waals surface area (Å²) in [6, 6.07) is 0.482. The summed E-state index contributed by atoms with van der Waals surface area (Å²) in [4.78, 5) is 12.4. The van der Waals surface area contributed by atoms with Gasteiger partial charge >= 0.3 is 0 Å². The Bertz CT molecular complexity index is 121. The first-order valence-corrected chi connectivity index (χ1v) is 4.29. The Hall–Kier alpha value is -0.570. The van der Waals surface area contributed by atoms with Crippen LogP contribution in [0.2, 0.25) is 0 Å². The van der Waals surface area contributed by atoms with Crippen molar-refractivity contribution in [3.8, 4) is 0 Å². The van der Waals surface area contributed by atoms with Crippen LogP contribution in [-0.2, 0) is 4.79 Å². The molecule has 0 aromatic rings. The summed E-state index contributed by atoms with van der Waals surface area (Å²) in [6.07, 6.45) is 5.79. The molecule has 0 radical (unpaired) electrons. The van der Waals surface area contributed by atoms with Crippen LogP contribution in [0, 0.1) is 0 Å². The summed E-state index contributed by atoms with van der Waals surface area (Å²) in [5, 5.41) is 0. The Labute approximate surface area is 67.5 Å². The van der Waals surface area contributed by atoms with E-state index in [1.807, 2.05) is 4.90 Å². The highest BCUT2D eigenvalue weighted by Crippen LogP contribution is 2.21. The van der Waals surface area contributed by atoms with E-state index in [9.17, 15) is 4.79 Å². The Morgan fingerprint density at radius 2 is 2.09 bits per heavy atom. The molecule has 0 saturated heterocycles. The summed E-state index contributed by atoms with van der Waals surface area (Å²) in [7, 11) is 0. The molecule has 1 amide bonds. The lowest BCUT2D eigenvalue weighted by Gasteiger charge is -2.23. The molecule has 1 rings (SSSR count). The van der Waals surface area contributed by atoms with Crippen molar-refractivity contribution in [3.05, 3.63) is 0 Å². The van der Waals surface area contributed by atoms with Gasteiger partial charge in [0.2, 0.25) is 6.41 Å². The molecule has 0 heterocycles. The molecule has 1 aliphatic rings. The molecule has 0 bridgehead atoms. The van der Waals surface area contributed by atoms with E-state index >= 15 is 0 Å². The fraction of sp³-hybridized carbons (Fsp3) is 0.875. The van der Waals surface area contributed by atoms with E-state index in [0.29, 0.717) is 19.1 Å². The van der Waals surface area contributed by atoms with Gasteiger partial charge in [-0.15, -0.1) is 0 Å². The van der Waals surface area contributed by atoms with Gasteiger partial charge < -0.3 is 10.6 Å². The molecule has 64 valence electrons. The van der Waals surface area contributed by atoms with Crippen LogP contribution in [0.25, 0.3) is 0 Å². The number of hydrogen-bond acceptors (Lipinski definition) is 2. The van der Waals surface area contributed by atoms with E-state index in [1.54, 1.807) is 0 Å². The Kier molecular flexibility index (Phi) is 3.36. The third-order valence-electron chi connectivity index (χ3n) is 2.32. The van der Waals surface area contributed by atoms with E-state index in [2.05, 4.69) is 0 Å². The Morgan fingerprint density at radius 1 is 1.45 bits per heavy atom. The van der Waals surface area contributed by atoms with Crippen LogP contribution in [0.5, 0.6) is 0 Å². The van der Waals surface area contributed by atoms with E-state index in [-0.39, 0.29) is 0 Å². The van der Waals surface area contributed by atoms with Crippen LogP contribution in [0.15, 0.2) is 0 Å². The highest BCUT2D eigenvalue weighted by molar-refractivity contribution is 5.47. The molecule has 0 atom stereocenters. The van der Waals surface area contributed by atoms with Gasteiger partial charge in [-0.05, 0) is 12.8 Å². The molecule has 1 fully saturated rings. The molecule has 0 aromatic heterocycles. The number of carbonyl (C=O) groups excluding carboxylic acids is 1. The minimum atomic E-state index is 0.482. The number of nitrogens with two attached hydrogens (primary N) is 1. The molecule has 3 heteroatoms. The summed E-state index contributed by atoms with van der Waals surface area (Å²) in [5.74, 6) is 0. The van der Waals surface area contributed by atoms with Crippen molar-refractivity contribution in [1.29, 1.82) is 0 Å². The molecule has 0 aromatic carbocycles. The summed E-state index contributed by atoms with van der Waals surface area (Å²) >= 11 is 0. The lowest BCUT2D eigenvalue weighted by molar-refractivity contribution is -0.120. The first-order chi connectivity index (χ1) is 5.38. The van der Waals surface area contributed by atoms with Crippen molar-refractivity contribution >= 4 is 6.41 Å². The maximum absolute atomic E-state index is 10.6. The molecule has 11 heavy (non-hydrogen) atoms. The molecule has 0 aliphatic heterocycles. The van der Waals surface area contributed by atoms with Crippen molar-refractivity contribution in [2.24, 2.45) is 5.73 Å². The molecule has 2 N–H and O–H groups in total. The quantitative estimate of drug-likeness (QED) is 0.597. The molecular weight excluding hydrogens is 140 g/mol. The predicted octanol–water partition coefficient (Wildman–Crippen LogP) is 0.346. The third kappa shape index (κ3) is 2.19. The summed E-state index contributed by atoms with van der Waals surface area (Å²) < 4.78 is 0. The van der Waals surface area contributed by atoms with Gasteiger partial charge in [0.1, 0.15) is 0 Å². The van der Waals surface area contributed by atoms with Crippen molar-refractivity contribution in [1.82, 2.24) is 4.90 Å². The maximum Gasteiger partial charge on any atom is 0.209 e. The number of carbonyl (C=O) groups is 1. The second kappa shape index (κ2) is 4.34. The monoisotopic (exact) mass is 156 g/mol.